The molecule has 1 heteroatoms. The average molecular weight is 207 g/mol. The Bertz CT molecular complexity index is 621. The first-order valence-corrected chi connectivity index (χ1v) is 5.47. The lowest BCUT2D eigenvalue weighted by Gasteiger charge is -2.03. The molecule has 1 nitrogen and oxygen atoms in total. The van der Waals surface area contributed by atoms with E-state index in [1.54, 1.807) is 0 Å². The van der Waals surface area contributed by atoms with E-state index < -0.39 is 0 Å². The van der Waals surface area contributed by atoms with Gasteiger partial charge in [0.1, 0.15) is 0 Å². The minimum Gasteiger partial charge on any atom is -0.361 e. The van der Waals surface area contributed by atoms with Crippen LogP contribution < -0.4 is 0 Å². The van der Waals surface area contributed by atoms with Crippen LogP contribution in [-0.4, -0.2) is 4.98 Å². The predicted molar refractivity (Wildman–Crippen MR) is 68.5 cm³/mol. The molecule has 0 atom stereocenters. The van der Waals surface area contributed by atoms with Crippen LogP contribution >= 0.6 is 0 Å². The number of H-pyrrole nitrogens is 1. The standard InChI is InChI=1S/C15H13N/c1-11-4-5-13-10-14(7-6-12(13)9-11)15-3-2-8-16-15/h2-10,16H,1H3. The van der Waals surface area contributed by atoms with Crippen LogP contribution in [0.4, 0.5) is 0 Å². The molecular weight excluding hydrogens is 194 g/mol. The molecule has 2 aromatic carbocycles. The molecule has 0 bridgehead atoms. The zero-order chi connectivity index (χ0) is 11.0. The second kappa shape index (κ2) is 3.53. The maximum absolute atomic E-state index is 3.23. The fourth-order valence-electron chi connectivity index (χ4n) is 2.04. The first-order chi connectivity index (χ1) is 7.83. The highest BCUT2D eigenvalue weighted by Gasteiger charge is 1.99. The molecule has 1 N–H and O–H groups in total. The maximum Gasteiger partial charge on any atom is 0.0454 e. The Morgan fingerprint density at radius 2 is 1.69 bits per heavy atom. The molecule has 16 heavy (non-hydrogen) atoms. The van der Waals surface area contributed by atoms with Crippen molar-refractivity contribution in [2.24, 2.45) is 0 Å². The second-order valence-electron chi connectivity index (χ2n) is 4.15. The molecular formula is C15H13N. The third kappa shape index (κ3) is 1.50. The number of hydrogen-bond donors (Lipinski definition) is 1. The molecule has 0 aliphatic heterocycles. The minimum absolute atomic E-state index is 1.17. The highest BCUT2D eigenvalue weighted by molar-refractivity contribution is 5.87. The summed E-state index contributed by atoms with van der Waals surface area (Å²) in [5, 5.41) is 2.59. The summed E-state index contributed by atoms with van der Waals surface area (Å²) in [5.74, 6) is 0. The quantitative estimate of drug-likeness (QED) is 0.617. The predicted octanol–water partition coefficient (Wildman–Crippen LogP) is 4.14. The molecule has 0 fully saturated rings. The van der Waals surface area contributed by atoms with E-state index in [0.717, 1.165) is 0 Å². The molecule has 0 radical (unpaired) electrons. The lowest BCUT2D eigenvalue weighted by Crippen LogP contribution is -1.79. The van der Waals surface area contributed by atoms with Crippen LogP contribution in [0.5, 0.6) is 0 Å². The molecule has 0 saturated carbocycles. The first kappa shape index (κ1) is 9.22. The van der Waals surface area contributed by atoms with Crippen LogP contribution in [0.2, 0.25) is 0 Å². The molecule has 78 valence electrons. The summed E-state index contributed by atoms with van der Waals surface area (Å²) in [6, 6.07) is 17.2. The summed E-state index contributed by atoms with van der Waals surface area (Å²) < 4.78 is 0. The Labute approximate surface area is 94.7 Å². The van der Waals surface area contributed by atoms with Gasteiger partial charge in [-0.2, -0.15) is 0 Å². The number of rotatable bonds is 1. The number of nitrogens with one attached hydrogen (secondary N) is 1. The monoisotopic (exact) mass is 207 g/mol. The van der Waals surface area contributed by atoms with Gasteiger partial charge in [-0.05, 0) is 41.5 Å². The van der Waals surface area contributed by atoms with E-state index in [2.05, 4.69) is 54.4 Å². The fourth-order valence-corrected chi connectivity index (χ4v) is 2.04. The van der Waals surface area contributed by atoms with Crippen molar-refractivity contribution >= 4 is 10.8 Å². The molecule has 1 heterocycles. The average Bonchev–Trinajstić information content (AvgIpc) is 2.82. The number of aromatic amines is 1. The van der Waals surface area contributed by atoms with Crippen molar-refractivity contribution in [3.63, 3.8) is 0 Å². The largest absolute Gasteiger partial charge is 0.361 e. The molecule has 0 saturated heterocycles. The van der Waals surface area contributed by atoms with E-state index in [9.17, 15) is 0 Å². The highest BCUT2D eigenvalue weighted by Crippen LogP contribution is 2.23. The lowest BCUT2D eigenvalue weighted by atomic mass is 10.0. The summed E-state index contributed by atoms with van der Waals surface area (Å²) in [6.07, 6.45) is 1.95. The maximum atomic E-state index is 3.23. The van der Waals surface area contributed by atoms with Gasteiger partial charge in [-0.3, -0.25) is 0 Å². The molecule has 0 aliphatic rings. The van der Waals surface area contributed by atoms with Crippen LogP contribution in [0.15, 0.2) is 54.7 Å². The fraction of sp³-hybridized carbons (Fsp3) is 0.0667. The van der Waals surface area contributed by atoms with Crippen molar-refractivity contribution in [1.82, 2.24) is 4.98 Å². The number of hydrogen-bond acceptors (Lipinski definition) is 0. The first-order valence-electron chi connectivity index (χ1n) is 5.47. The normalized spacial score (nSPS) is 10.8. The van der Waals surface area contributed by atoms with Gasteiger partial charge in [-0.25, -0.2) is 0 Å². The van der Waals surface area contributed by atoms with Crippen molar-refractivity contribution in [3.05, 3.63) is 60.3 Å². The summed E-state index contributed by atoms with van der Waals surface area (Å²) in [7, 11) is 0. The van der Waals surface area contributed by atoms with Crippen molar-refractivity contribution in [3.8, 4) is 11.3 Å². The third-order valence-corrected chi connectivity index (χ3v) is 2.90. The summed E-state index contributed by atoms with van der Waals surface area (Å²) in [4.78, 5) is 3.23. The smallest absolute Gasteiger partial charge is 0.0454 e. The van der Waals surface area contributed by atoms with Crippen molar-refractivity contribution in [2.75, 3.05) is 0 Å². The zero-order valence-corrected chi connectivity index (χ0v) is 9.20. The second-order valence-corrected chi connectivity index (χ2v) is 4.15. The lowest BCUT2D eigenvalue weighted by molar-refractivity contribution is 1.40. The van der Waals surface area contributed by atoms with Gasteiger partial charge in [0.25, 0.3) is 0 Å². The SMILES string of the molecule is Cc1ccc2cc(-c3ccc[nH]3)ccc2c1. The van der Waals surface area contributed by atoms with Gasteiger partial charge in [0.2, 0.25) is 0 Å². The zero-order valence-electron chi connectivity index (χ0n) is 9.20. The van der Waals surface area contributed by atoms with Gasteiger partial charge in [0, 0.05) is 11.9 Å². The third-order valence-electron chi connectivity index (χ3n) is 2.90. The molecule has 0 amide bonds. The minimum atomic E-state index is 1.17. The van der Waals surface area contributed by atoms with E-state index in [0.29, 0.717) is 0 Å². The van der Waals surface area contributed by atoms with E-state index in [1.807, 2.05) is 12.3 Å². The number of fused-ring (bicyclic) bond motifs is 1. The summed E-state index contributed by atoms with van der Waals surface area (Å²) >= 11 is 0. The molecule has 1 aromatic heterocycles. The topological polar surface area (TPSA) is 15.8 Å². The van der Waals surface area contributed by atoms with E-state index in [-0.39, 0.29) is 0 Å². The van der Waals surface area contributed by atoms with Gasteiger partial charge in [-0.15, -0.1) is 0 Å². The van der Waals surface area contributed by atoms with Gasteiger partial charge >= 0.3 is 0 Å². The van der Waals surface area contributed by atoms with Crippen LogP contribution in [0.1, 0.15) is 5.56 Å². The Morgan fingerprint density at radius 1 is 0.875 bits per heavy atom. The molecule has 0 spiro atoms. The molecule has 3 rings (SSSR count). The van der Waals surface area contributed by atoms with Gasteiger partial charge in [-0.1, -0.05) is 35.9 Å². The van der Waals surface area contributed by atoms with Crippen LogP contribution in [0.25, 0.3) is 22.0 Å². The van der Waals surface area contributed by atoms with Crippen molar-refractivity contribution < 1.29 is 0 Å². The van der Waals surface area contributed by atoms with Crippen LogP contribution in [0, 0.1) is 6.92 Å². The van der Waals surface area contributed by atoms with Gasteiger partial charge in [0.15, 0.2) is 0 Å². The van der Waals surface area contributed by atoms with Gasteiger partial charge < -0.3 is 4.98 Å². The van der Waals surface area contributed by atoms with E-state index >= 15 is 0 Å². The van der Waals surface area contributed by atoms with Crippen molar-refractivity contribution in [2.45, 2.75) is 6.92 Å². The summed E-state index contributed by atoms with van der Waals surface area (Å²) in [5.41, 5.74) is 3.71. The summed E-state index contributed by atoms with van der Waals surface area (Å²) in [6.45, 7) is 2.12. The van der Waals surface area contributed by atoms with Crippen LogP contribution in [0.3, 0.4) is 0 Å². The van der Waals surface area contributed by atoms with E-state index in [1.165, 1.54) is 27.6 Å². The number of aromatic nitrogens is 1. The molecule has 0 unspecified atom stereocenters. The Morgan fingerprint density at radius 3 is 2.50 bits per heavy atom. The number of aryl methyl sites for hydroxylation is 1. The Balaban J connectivity index is 2.20. The van der Waals surface area contributed by atoms with Crippen molar-refractivity contribution in [1.29, 1.82) is 0 Å². The molecule has 3 aromatic rings. The Hall–Kier alpha value is -2.02. The van der Waals surface area contributed by atoms with Crippen LogP contribution in [-0.2, 0) is 0 Å². The highest BCUT2D eigenvalue weighted by atomic mass is 14.7. The number of benzene rings is 2. The van der Waals surface area contributed by atoms with E-state index in [4.69, 9.17) is 0 Å². The van der Waals surface area contributed by atoms with Gasteiger partial charge in [0.05, 0.1) is 0 Å². The Kier molecular flexibility index (Phi) is 2.03. The molecule has 0 aliphatic carbocycles.